The van der Waals surface area contributed by atoms with Gasteiger partial charge in [-0.3, -0.25) is 0 Å². The van der Waals surface area contributed by atoms with Crippen molar-refractivity contribution in [2.24, 2.45) is 0 Å². The maximum Gasteiger partial charge on any atom is 0.336 e. The number of aromatic nitrogens is 2. The lowest BCUT2D eigenvalue weighted by Crippen LogP contribution is -3.12. The molecule has 1 aliphatic rings. The Hall–Kier alpha value is -2.81. The van der Waals surface area contributed by atoms with Crippen LogP contribution in [0.2, 0.25) is 0 Å². The second kappa shape index (κ2) is 7.79. The van der Waals surface area contributed by atoms with Crippen LogP contribution in [0.1, 0.15) is 16.3 Å². The molecule has 0 amide bonds. The molecule has 0 bridgehead atoms. The van der Waals surface area contributed by atoms with Crippen LogP contribution in [-0.2, 0) is 11.3 Å². The van der Waals surface area contributed by atoms with Gasteiger partial charge in [-0.25, -0.2) is 9.78 Å². The average Bonchev–Trinajstić information content (AvgIpc) is 3.02. The highest BCUT2D eigenvalue weighted by molar-refractivity contribution is 7.18. The van der Waals surface area contributed by atoms with E-state index in [-0.39, 0.29) is 5.63 Å². The van der Waals surface area contributed by atoms with Crippen molar-refractivity contribution >= 4 is 32.5 Å². The van der Waals surface area contributed by atoms with E-state index in [1.54, 1.807) is 23.5 Å². The number of fused-ring (bicyclic) bond motifs is 2. The van der Waals surface area contributed by atoms with E-state index in [2.05, 4.69) is 13.8 Å². The molecule has 1 fully saturated rings. The molecule has 0 radical (unpaired) electrons. The van der Waals surface area contributed by atoms with Crippen molar-refractivity contribution in [2.75, 3.05) is 26.3 Å². The summed E-state index contributed by atoms with van der Waals surface area (Å²) < 4.78 is 17.0. The number of quaternary nitrogens is 1. The number of ether oxygens (including phenoxy) is 2. The molecular weight excluding hydrogens is 402 g/mol. The highest BCUT2D eigenvalue weighted by atomic mass is 32.1. The van der Waals surface area contributed by atoms with E-state index < -0.39 is 0 Å². The van der Waals surface area contributed by atoms with Gasteiger partial charge in [0.1, 0.15) is 35.8 Å². The smallest absolute Gasteiger partial charge is 0.336 e. The minimum Gasteiger partial charge on any atom is -0.438 e. The minimum absolute atomic E-state index is 0.385. The minimum atomic E-state index is -0.385. The van der Waals surface area contributed by atoms with Crippen LogP contribution in [0, 0.1) is 13.8 Å². The number of thiophene rings is 1. The Kier molecular flexibility index (Phi) is 4.98. The lowest BCUT2D eigenvalue weighted by molar-refractivity contribution is -0.922. The van der Waals surface area contributed by atoms with E-state index in [9.17, 15) is 4.79 Å². The van der Waals surface area contributed by atoms with Crippen molar-refractivity contribution in [1.82, 2.24) is 9.97 Å². The van der Waals surface area contributed by atoms with Gasteiger partial charge in [0, 0.05) is 22.4 Å². The largest absolute Gasteiger partial charge is 0.438 e. The zero-order valence-corrected chi connectivity index (χ0v) is 17.7. The summed E-state index contributed by atoms with van der Waals surface area (Å²) in [6.07, 6.45) is 0. The second-order valence-electron chi connectivity index (χ2n) is 7.50. The van der Waals surface area contributed by atoms with Crippen LogP contribution in [-0.4, -0.2) is 36.3 Å². The predicted octanol–water partition coefficient (Wildman–Crippen LogP) is 2.62. The molecule has 0 unspecified atom stereocenters. The summed E-state index contributed by atoms with van der Waals surface area (Å²) >= 11 is 1.66. The van der Waals surface area contributed by atoms with Crippen LogP contribution >= 0.6 is 11.3 Å². The highest BCUT2D eigenvalue weighted by Gasteiger charge is 2.21. The third-order valence-electron chi connectivity index (χ3n) is 5.46. The molecule has 4 heterocycles. The molecular formula is C22H22N3O4S+. The van der Waals surface area contributed by atoms with Gasteiger partial charge in [0.2, 0.25) is 5.88 Å². The molecule has 1 aromatic carbocycles. The van der Waals surface area contributed by atoms with Gasteiger partial charge < -0.3 is 18.8 Å². The molecule has 154 valence electrons. The predicted molar refractivity (Wildman–Crippen MR) is 115 cm³/mol. The molecule has 1 aliphatic heterocycles. The van der Waals surface area contributed by atoms with Crippen LogP contribution in [0.25, 0.3) is 21.2 Å². The first-order valence-electron chi connectivity index (χ1n) is 9.96. The normalized spacial score (nSPS) is 15.1. The highest BCUT2D eigenvalue weighted by Crippen LogP contribution is 2.36. The lowest BCUT2D eigenvalue weighted by Gasteiger charge is -2.23. The maximum absolute atomic E-state index is 11.6. The summed E-state index contributed by atoms with van der Waals surface area (Å²) in [5.74, 6) is 1.88. The van der Waals surface area contributed by atoms with Gasteiger partial charge in [0.25, 0.3) is 0 Å². The Balaban J connectivity index is 1.55. The summed E-state index contributed by atoms with van der Waals surface area (Å²) in [5, 5.41) is 1.78. The van der Waals surface area contributed by atoms with Crippen molar-refractivity contribution in [1.29, 1.82) is 0 Å². The molecule has 7 nitrogen and oxygen atoms in total. The lowest BCUT2D eigenvalue weighted by atomic mass is 10.2. The fourth-order valence-corrected chi connectivity index (χ4v) is 4.72. The first-order valence-corrected chi connectivity index (χ1v) is 10.8. The molecule has 8 heteroatoms. The fraction of sp³-hybridized carbons (Fsp3) is 0.318. The number of nitrogens with one attached hydrogen (secondary N) is 1. The van der Waals surface area contributed by atoms with Gasteiger partial charge in [-0.1, -0.05) is 0 Å². The third-order valence-corrected chi connectivity index (χ3v) is 6.56. The van der Waals surface area contributed by atoms with E-state index in [0.29, 0.717) is 17.2 Å². The summed E-state index contributed by atoms with van der Waals surface area (Å²) in [7, 11) is 0. The van der Waals surface area contributed by atoms with E-state index >= 15 is 0 Å². The Bertz CT molecular complexity index is 1290. The van der Waals surface area contributed by atoms with E-state index in [1.165, 1.54) is 15.8 Å². The Morgan fingerprint density at radius 2 is 1.93 bits per heavy atom. The molecule has 0 saturated carbocycles. The topological polar surface area (TPSA) is 78.9 Å². The Morgan fingerprint density at radius 3 is 2.77 bits per heavy atom. The first-order chi connectivity index (χ1) is 14.6. The van der Waals surface area contributed by atoms with Crippen molar-refractivity contribution in [3.8, 4) is 11.6 Å². The monoisotopic (exact) mass is 424 g/mol. The number of aryl methyl sites for hydroxylation is 2. The number of benzene rings is 1. The van der Waals surface area contributed by atoms with Gasteiger partial charge in [-0.2, -0.15) is 4.98 Å². The molecule has 1 saturated heterocycles. The van der Waals surface area contributed by atoms with Crippen LogP contribution in [0.5, 0.6) is 11.6 Å². The summed E-state index contributed by atoms with van der Waals surface area (Å²) in [5.41, 5.74) is 1.23. The molecule has 3 aromatic heterocycles. The van der Waals surface area contributed by atoms with Crippen molar-refractivity contribution in [3.05, 3.63) is 57.0 Å². The summed E-state index contributed by atoms with van der Waals surface area (Å²) in [6.45, 7) is 8.31. The number of nitrogens with zero attached hydrogens (tertiary/aromatic N) is 2. The quantitative estimate of drug-likeness (QED) is 0.508. The molecule has 5 rings (SSSR count). The second-order valence-corrected chi connectivity index (χ2v) is 8.71. The fourth-order valence-electron chi connectivity index (χ4n) is 3.68. The maximum atomic E-state index is 11.6. The molecule has 0 aliphatic carbocycles. The van der Waals surface area contributed by atoms with Crippen LogP contribution in [0.15, 0.2) is 39.5 Å². The van der Waals surface area contributed by atoms with Gasteiger partial charge in [-0.15, -0.1) is 11.3 Å². The zero-order chi connectivity index (χ0) is 20.7. The molecule has 4 aromatic rings. The van der Waals surface area contributed by atoms with Gasteiger partial charge in [0.05, 0.1) is 18.6 Å². The van der Waals surface area contributed by atoms with Crippen LogP contribution in [0.4, 0.5) is 0 Å². The summed E-state index contributed by atoms with van der Waals surface area (Å²) in [4.78, 5) is 24.7. The average molecular weight is 425 g/mol. The van der Waals surface area contributed by atoms with Crippen LogP contribution in [0.3, 0.4) is 0 Å². The zero-order valence-electron chi connectivity index (χ0n) is 16.9. The van der Waals surface area contributed by atoms with Gasteiger partial charge in [-0.05, 0) is 37.6 Å². The van der Waals surface area contributed by atoms with Gasteiger partial charge >= 0.3 is 5.63 Å². The third kappa shape index (κ3) is 3.69. The number of hydrogen-bond acceptors (Lipinski definition) is 7. The summed E-state index contributed by atoms with van der Waals surface area (Å²) in [6, 6.07) is 8.61. The Morgan fingerprint density at radius 1 is 1.13 bits per heavy atom. The number of morpholine rings is 1. The first kappa shape index (κ1) is 19.2. The standard InChI is InChI=1S/C22H21N3O4S/c1-13-14(2)30-22-20(13)21(23-18(24-22)12-25-7-9-27-10-8-25)28-16-5-3-15-4-6-19(26)29-17(15)11-16/h3-6,11H,7-10,12H2,1-2H3/p+1. The SMILES string of the molecule is Cc1sc2nc(C[NH+]3CCOCC3)nc(Oc3ccc4ccc(=O)oc4c3)c2c1C. The molecule has 0 spiro atoms. The molecule has 0 atom stereocenters. The van der Waals surface area contributed by atoms with Gasteiger partial charge in [0.15, 0.2) is 5.82 Å². The molecule has 30 heavy (non-hydrogen) atoms. The van der Waals surface area contributed by atoms with Crippen molar-refractivity contribution in [2.45, 2.75) is 20.4 Å². The number of rotatable bonds is 4. The molecule has 1 N–H and O–H groups in total. The van der Waals surface area contributed by atoms with E-state index in [1.807, 2.05) is 12.1 Å². The van der Waals surface area contributed by atoms with E-state index in [0.717, 1.165) is 59.8 Å². The Labute approximate surface area is 176 Å². The number of hydrogen-bond donors (Lipinski definition) is 1. The van der Waals surface area contributed by atoms with Crippen molar-refractivity contribution < 1.29 is 18.8 Å². The van der Waals surface area contributed by atoms with Crippen LogP contribution < -0.4 is 15.3 Å². The van der Waals surface area contributed by atoms with E-state index in [4.69, 9.17) is 23.9 Å². The van der Waals surface area contributed by atoms with Crippen molar-refractivity contribution in [3.63, 3.8) is 0 Å².